The summed E-state index contributed by atoms with van der Waals surface area (Å²) in [5, 5.41) is 0. The van der Waals surface area contributed by atoms with Crippen molar-refractivity contribution in [2.45, 2.75) is 6.54 Å². The minimum atomic E-state index is 0. The van der Waals surface area contributed by atoms with Crippen LogP contribution in [-0.2, 0) is 11.3 Å². The molecule has 0 fully saturated rings. The van der Waals surface area contributed by atoms with E-state index in [1.807, 2.05) is 27.9 Å². The summed E-state index contributed by atoms with van der Waals surface area (Å²) in [7, 11) is 1.70. The van der Waals surface area contributed by atoms with Crippen molar-refractivity contribution in [3.63, 3.8) is 0 Å². The van der Waals surface area contributed by atoms with Crippen molar-refractivity contribution in [3.8, 4) is 0 Å². The third-order valence-electron chi connectivity index (χ3n) is 1.48. The van der Waals surface area contributed by atoms with E-state index in [-0.39, 0.29) is 17.0 Å². The van der Waals surface area contributed by atoms with Crippen molar-refractivity contribution in [2.75, 3.05) is 13.7 Å². The predicted molar refractivity (Wildman–Crippen MR) is 42.9 cm³/mol. The third-order valence-corrected chi connectivity index (χ3v) is 1.48. The highest BCUT2D eigenvalue weighted by Gasteiger charge is 1.98. The maximum absolute atomic E-state index is 4.93. The molecule has 1 heterocycles. The Labute approximate surface area is 83.0 Å². The van der Waals surface area contributed by atoms with Crippen LogP contribution < -0.4 is 21.5 Å². The molecule has 0 saturated heterocycles. The van der Waals surface area contributed by atoms with E-state index < -0.39 is 0 Å². The molecular weight excluding hydrogens is 220 g/mol. The predicted octanol–water partition coefficient (Wildman–Crippen LogP) is -2.47. The number of halogens is 1. The van der Waals surface area contributed by atoms with Crippen LogP contribution in [0.2, 0.25) is 0 Å². The Morgan fingerprint density at radius 1 is 1.67 bits per heavy atom. The first kappa shape index (κ1) is 11.4. The number of rotatable bonds is 4. The molecule has 68 valence electrons. The standard InChI is InChI=1S/C8H13N2O.BrH/c1-3-9-4-5-10(8-9)6-7-11-2;/h3-5,8H,1,6-7H2,2H3;1H/q+1;/p-1. The molecule has 0 aliphatic heterocycles. The number of nitrogens with zero attached hydrogens (tertiary/aromatic N) is 2. The van der Waals surface area contributed by atoms with Crippen molar-refractivity contribution in [1.82, 2.24) is 4.57 Å². The monoisotopic (exact) mass is 232 g/mol. The summed E-state index contributed by atoms with van der Waals surface area (Å²) in [4.78, 5) is 0. The molecule has 0 radical (unpaired) electrons. The summed E-state index contributed by atoms with van der Waals surface area (Å²) in [5.41, 5.74) is 0. The summed E-state index contributed by atoms with van der Waals surface area (Å²) in [6, 6.07) is 0. The second-order valence-corrected chi connectivity index (χ2v) is 2.27. The van der Waals surface area contributed by atoms with Crippen LogP contribution in [0.1, 0.15) is 0 Å². The number of hydrogen-bond acceptors (Lipinski definition) is 1. The highest BCUT2D eigenvalue weighted by Crippen LogP contribution is 1.82. The van der Waals surface area contributed by atoms with E-state index in [9.17, 15) is 0 Å². The van der Waals surface area contributed by atoms with Gasteiger partial charge in [0.2, 0.25) is 6.33 Å². The van der Waals surface area contributed by atoms with E-state index in [2.05, 4.69) is 6.58 Å². The van der Waals surface area contributed by atoms with Gasteiger partial charge in [0.1, 0.15) is 18.9 Å². The van der Waals surface area contributed by atoms with Gasteiger partial charge >= 0.3 is 0 Å². The number of imidazole rings is 1. The Morgan fingerprint density at radius 2 is 2.42 bits per heavy atom. The number of aromatic nitrogens is 2. The summed E-state index contributed by atoms with van der Waals surface area (Å²) < 4.78 is 8.88. The van der Waals surface area contributed by atoms with Crippen LogP contribution in [0.25, 0.3) is 6.20 Å². The molecule has 0 spiro atoms. The Morgan fingerprint density at radius 3 is 2.92 bits per heavy atom. The smallest absolute Gasteiger partial charge is 0.248 e. The van der Waals surface area contributed by atoms with Crippen LogP contribution in [0.4, 0.5) is 0 Å². The molecule has 0 unspecified atom stereocenters. The van der Waals surface area contributed by atoms with Gasteiger partial charge in [0.15, 0.2) is 0 Å². The van der Waals surface area contributed by atoms with Crippen LogP contribution >= 0.6 is 0 Å². The lowest BCUT2D eigenvalue weighted by atomic mass is 10.7. The summed E-state index contributed by atoms with van der Waals surface area (Å²) >= 11 is 0. The molecule has 0 aliphatic carbocycles. The molecule has 4 heteroatoms. The Hall–Kier alpha value is -0.610. The van der Waals surface area contributed by atoms with Crippen LogP contribution in [0.3, 0.4) is 0 Å². The maximum atomic E-state index is 4.93. The average Bonchev–Trinajstić information content (AvgIpc) is 2.48. The molecular formula is C8H13BrN2O. The maximum Gasteiger partial charge on any atom is 0.248 e. The Kier molecular flexibility index (Phi) is 5.66. The minimum absolute atomic E-state index is 0. The molecule has 0 aromatic carbocycles. The quantitative estimate of drug-likeness (QED) is 0.527. The van der Waals surface area contributed by atoms with Crippen molar-refractivity contribution in [2.24, 2.45) is 0 Å². The second-order valence-electron chi connectivity index (χ2n) is 2.27. The molecule has 1 aromatic rings. The van der Waals surface area contributed by atoms with Gasteiger partial charge in [0.05, 0.1) is 12.8 Å². The highest BCUT2D eigenvalue weighted by atomic mass is 79.9. The molecule has 0 atom stereocenters. The Bertz CT molecular complexity index is 235. The van der Waals surface area contributed by atoms with Gasteiger partial charge in [-0.3, -0.25) is 0 Å². The lowest BCUT2D eigenvalue weighted by molar-refractivity contribution is -0.697. The molecule has 0 saturated carbocycles. The van der Waals surface area contributed by atoms with Crippen LogP contribution in [-0.4, -0.2) is 18.3 Å². The van der Waals surface area contributed by atoms with E-state index in [4.69, 9.17) is 4.74 Å². The molecule has 3 nitrogen and oxygen atoms in total. The fraction of sp³-hybridized carbons (Fsp3) is 0.375. The van der Waals surface area contributed by atoms with Crippen LogP contribution in [0.15, 0.2) is 25.3 Å². The molecule has 0 aliphatic rings. The summed E-state index contributed by atoms with van der Waals surface area (Å²) in [5.74, 6) is 0. The van der Waals surface area contributed by atoms with Crippen LogP contribution in [0, 0.1) is 0 Å². The normalized spacial score (nSPS) is 9.08. The first-order valence-corrected chi connectivity index (χ1v) is 3.55. The summed E-state index contributed by atoms with van der Waals surface area (Å²) in [6.07, 6.45) is 7.65. The van der Waals surface area contributed by atoms with Gasteiger partial charge in [-0.25, -0.2) is 9.13 Å². The fourth-order valence-corrected chi connectivity index (χ4v) is 0.848. The van der Waals surface area contributed by atoms with Gasteiger partial charge < -0.3 is 21.7 Å². The molecule has 0 N–H and O–H groups in total. The van der Waals surface area contributed by atoms with E-state index in [0.29, 0.717) is 0 Å². The van der Waals surface area contributed by atoms with Crippen molar-refractivity contribution in [1.29, 1.82) is 0 Å². The zero-order valence-electron chi connectivity index (χ0n) is 7.11. The Balaban J connectivity index is 0.00000121. The molecule has 0 amide bonds. The zero-order chi connectivity index (χ0) is 8.10. The summed E-state index contributed by atoms with van der Waals surface area (Å²) in [6.45, 7) is 5.27. The average molecular weight is 233 g/mol. The van der Waals surface area contributed by atoms with Gasteiger partial charge in [-0.1, -0.05) is 6.58 Å². The molecule has 0 bridgehead atoms. The number of hydrogen-bond donors (Lipinski definition) is 0. The molecule has 1 aromatic heterocycles. The van der Waals surface area contributed by atoms with Gasteiger partial charge in [-0.15, -0.1) is 0 Å². The lowest BCUT2D eigenvalue weighted by Crippen LogP contribution is -3.00. The first-order valence-electron chi connectivity index (χ1n) is 3.55. The van der Waals surface area contributed by atoms with Crippen molar-refractivity contribution in [3.05, 3.63) is 25.3 Å². The molecule has 12 heavy (non-hydrogen) atoms. The first-order chi connectivity index (χ1) is 5.36. The lowest BCUT2D eigenvalue weighted by Gasteiger charge is -1.92. The van der Waals surface area contributed by atoms with Gasteiger partial charge in [0, 0.05) is 7.11 Å². The topological polar surface area (TPSA) is 18.0 Å². The fourth-order valence-electron chi connectivity index (χ4n) is 0.848. The zero-order valence-corrected chi connectivity index (χ0v) is 8.70. The largest absolute Gasteiger partial charge is 1.00 e. The van der Waals surface area contributed by atoms with Gasteiger partial charge in [-0.05, 0) is 0 Å². The third kappa shape index (κ3) is 3.19. The van der Waals surface area contributed by atoms with Gasteiger partial charge in [0.25, 0.3) is 0 Å². The molecule has 1 rings (SSSR count). The van der Waals surface area contributed by atoms with E-state index >= 15 is 0 Å². The van der Waals surface area contributed by atoms with E-state index in [1.54, 1.807) is 13.3 Å². The number of ether oxygens (including phenoxy) is 1. The minimum Gasteiger partial charge on any atom is -1.00 e. The highest BCUT2D eigenvalue weighted by molar-refractivity contribution is 5.12. The van der Waals surface area contributed by atoms with Crippen molar-refractivity contribution < 1.29 is 26.3 Å². The SMILES string of the molecule is C=Cn1cc[n+](CCOC)c1.[Br-]. The van der Waals surface area contributed by atoms with E-state index in [0.717, 1.165) is 13.2 Å². The van der Waals surface area contributed by atoms with Gasteiger partial charge in [-0.2, -0.15) is 0 Å². The number of methoxy groups -OCH3 is 1. The second kappa shape index (κ2) is 5.97. The van der Waals surface area contributed by atoms with Crippen molar-refractivity contribution >= 4 is 6.20 Å². The van der Waals surface area contributed by atoms with Crippen LogP contribution in [0.5, 0.6) is 0 Å². The van der Waals surface area contributed by atoms with E-state index in [1.165, 1.54) is 0 Å².